The van der Waals surface area contributed by atoms with E-state index in [1.54, 1.807) is 4.90 Å². The second kappa shape index (κ2) is 9.26. The lowest BCUT2D eigenvalue weighted by Crippen LogP contribution is -2.36. The van der Waals surface area contributed by atoms with Crippen molar-refractivity contribution >= 4 is 17.5 Å². The molecule has 0 spiro atoms. The zero-order chi connectivity index (χ0) is 17.4. The highest BCUT2D eigenvalue weighted by Gasteiger charge is 2.17. The maximum atomic E-state index is 12.4. The van der Waals surface area contributed by atoms with Gasteiger partial charge in [-0.2, -0.15) is 0 Å². The summed E-state index contributed by atoms with van der Waals surface area (Å²) >= 11 is 0. The first-order valence-corrected chi connectivity index (χ1v) is 8.91. The van der Waals surface area contributed by atoms with Crippen LogP contribution in [-0.4, -0.2) is 24.9 Å². The average molecular weight is 328 g/mol. The molecule has 0 radical (unpaired) electrons. The molecule has 4 heteroatoms. The Bertz CT molecular complexity index is 607. The molecule has 1 aromatic carbocycles. The minimum Gasteiger partial charge on any atom is -0.355 e. The molecular formula is C20H28N2O2. The molecule has 0 bridgehead atoms. The minimum atomic E-state index is -0.192. The van der Waals surface area contributed by atoms with Crippen LogP contribution in [-0.2, 0) is 9.59 Å². The Morgan fingerprint density at radius 3 is 2.75 bits per heavy atom. The predicted octanol–water partition coefficient (Wildman–Crippen LogP) is 3.74. The molecule has 0 aromatic heterocycles. The number of anilines is 1. The molecule has 24 heavy (non-hydrogen) atoms. The van der Waals surface area contributed by atoms with E-state index in [1.807, 2.05) is 38.1 Å². The second-order valence-electron chi connectivity index (χ2n) is 6.36. The number of aryl methyl sites for hydroxylation is 1. The Kier molecular flexibility index (Phi) is 7.04. The van der Waals surface area contributed by atoms with Crippen LogP contribution in [0.3, 0.4) is 0 Å². The molecule has 130 valence electrons. The molecule has 0 saturated carbocycles. The number of nitrogens with zero attached hydrogens (tertiary/aromatic N) is 1. The van der Waals surface area contributed by atoms with E-state index in [9.17, 15) is 9.59 Å². The molecular weight excluding hydrogens is 300 g/mol. The van der Waals surface area contributed by atoms with Crippen molar-refractivity contribution in [3.8, 4) is 0 Å². The molecule has 1 aliphatic rings. The number of carbonyl (C=O) groups is 2. The third kappa shape index (κ3) is 5.52. The van der Waals surface area contributed by atoms with Gasteiger partial charge in [-0.15, -0.1) is 0 Å². The highest BCUT2D eigenvalue weighted by molar-refractivity contribution is 6.04. The Morgan fingerprint density at radius 1 is 1.25 bits per heavy atom. The summed E-state index contributed by atoms with van der Waals surface area (Å²) in [5, 5.41) is 2.88. The van der Waals surface area contributed by atoms with E-state index in [-0.39, 0.29) is 18.2 Å². The molecule has 2 rings (SSSR count). The Hall–Kier alpha value is -2.10. The molecule has 0 heterocycles. The normalized spacial score (nSPS) is 14.0. The van der Waals surface area contributed by atoms with Gasteiger partial charge in [0.1, 0.15) is 6.42 Å². The van der Waals surface area contributed by atoms with Gasteiger partial charge in [-0.1, -0.05) is 23.8 Å². The van der Waals surface area contributed by atoms with Crippen LogP contribution in [0.15, 0.2) is 35.9 Å². The Morgan fingerprint density at radius 2 is 2.08 bits per heavy atom. The fraction of sp³-hybridized carbons (Fsp3) is 0.500. The standard InChI is InChI=1S/C20H28N2O2/c1-3-22(18-11-7-8-16(2)14-18)20(24)15-19(23)21-13-12-17-9-5-4-6-10-17/h7-9,11,14H,3-6,10,12-13,15H2,1-2H3,(H,21,23). The van der Waals surface area contributed by atoms with Gasteiger partial charge in [-0.05, 0) is 63.6 Å². The smallest absolute Gasteiger partial charge is 0.236 e. The van der Waals surface area contributed by atoms with Crippen LogP contribution < -0.4 is 10.2 Å². The molecule has 1 N–H and O–H groups in total. The fourth-order valence-electron chi connectivity index (χ4n) is 3.09. The average Bonchev–Trinajstić information content (AvgIpc) is 2.56. The van der Waals surface area contributed by atoms with Crippen molar-refractivity contribution in [3.63, 3.8) is 0 Å². The Labute approximate surface area is 144 Å². The van der Waals surface area contributed by atoms with Crippen LogP contribution >= 0.6 is 0 Å². The monoisotopic (exact) mass is 328 g/mol. The summed E-state index contributed by atoms with van der Waals surface area (Å²) in [4.78, 5) is 26.1. The molecule has 0 fully saturated rings. The highest BCUT2D eigenvalue weighted by Crippen LogP contribution is 2.19. The van der Waals surface area contributed by atoms with Crippen molar-refractivity contribution in [2.45, 2.75) is 52.4 Å². The van der Waals surface area contributed by atoms with Crippen molar-refractivity contribution in [2.75, 3.05) is 18.0 Å². The number of benzene rings is 1. The van der Waals surface area contributed by atoms with E-state index < -0.39 is 0 Å². The molecule has 4 nitrogen and oxygen atoms in total. The van der Waals surface area contributed by atoms with Gasteiger partial charge >= 0.3 is 0 Å². The quantitative estimate of drug-likeness (QED) is 0.612. The van der Waals surface area contributed by atoms with Crippen molar-refractivity contribution in [1.82, 2.24) is 5.32 Å². The number of amides is 2. The molecule has 0 aliphatic heterocycles. The second-order valence-corrected chi connectivity index (χ2v) is 6.36. The minimum absolute atomic E-state index is 0.0964. The zero-order valence-corrected chi connectivity index (χ0v) is 14.8. The summed E-state index contributed by atoms with van der Waals surface area (Å²) in [5.74, 6) is -0.347. The van der Waals surface area contributed by atoms with Gasteiger partial charge in [0.25, 0.3) is 0 Å². The third-order valence-corrected chi connectivity index (χ3v) is 4.40. The van der Waals surface area contributed by atoms with E-state index in [1.165, 1.54) is 18.4 Å². The third-order valence-electron chi connectivity index (χ3n) is 4.40. The topological polar surface area (TPSA) is 49.4 Å². The first-order valence-electron chi connectivity index (χ1n) is 8.91. The van der Waals surface area contributed by atoms with Gasteiger partial charge in [0.05, 0.1) is 0 Å². The maximum Gasteiger partial charge on any atom is 0.236 e. The summed E-state index contributed by atoms with van der Waals surface area (Å²) in [6.07, 6.45) is 7.92. The molecule has 0 saturated heterocycles. The first-order chi connectivity index (χ1) is 11.6. The summed E-state index contributed by atoms with van der Waals surface area (Å²) < 4.78 is 0. The summed E-state index contributed by atoms with van der Waals surface area (Å²) in [5.41, 5.74) is 3.38. The predicted molar refractivity (Wildman–Crippen MR) is 98.0 cm³/mol. The zero-order valence-electron chi connectivity index (χ0n) is 14.8. The van der Waals surface area contributed by atoms with E-state index in [4.69, 9.17) is 0 Å². The number of hydrogen-bond acceptors (Lipinski definition) is 2. The molecule has 0 atom stereocenters. The highest BCUT2D eigenvalue weighted by atomic mass is 16.2. The fourth-order valence-corrected chi connectivity index (χ4v) is 3.09. The van der Waals surface area contributed by atoms with E-state index in [0.717, 1.165) is 30.5 Å². The number of allylic oxidation sites excluding steroid dienone is 1. The molecule has 2 amide bonds. The van der Waals surface area contributed by atoms with Crippen LogP contribution in [0.25, 0.3) is 0 Å². The van der Waals surface area contributed by atoms with Crippen LogP contribution in [0.1, 0.15) is 51.0 Å². The molecule has 1 aromatic rings. The lowest BCUT2D eigenvalue weighted by atomic mass is 9.97. The number of carbonyl (C=O) groups excluding carboxylic acids is 2. The van der Waals surface area contributed by atoms with E-state index in [2.05, 4.69) is 11.4 Å². The van der Waals surface area contributed by atoms with Crippen LogP contribution in [0, 0.1) is 6.92 Å². The van der Waals surface area contributed by atoms with Gasteiger partial charge in [-0.25, -0.2) is 0 Å². The first kappa shape index (κ1) is 18.2. The lowest BCUT2D eigenvalue weighted by Gasteiger charge is -2.21. The summed E-state index contributed by atoms with van der Waals surface area (Å²) in [6.45, 7) is 5.10. The lowest BCUT2D eigenvalue weighted by molar-refractivity contribution is -0.127. The van der Waals surface area contributed by atoms with Gasteiger partial charge in [0, 0.05) is 18.8 Å². The van der Waals surface area contributed by atoms with Gasteiger partial charge in [-0.3, -0.25) is 9.59 Å². The van der Waals surface area contributed by atoms with Crippen LogP contribution in [0.4, 0.5) is 5.69 Å². The largest absolute Gasteiger partial charge is 0.355 e. The van der Waals surface area contributed by atoms with Crippen LogP contribution in [0.2, 0.25) is 0 Å². The van der Waals surface area contributed by atoms with Gasteiger partial charge < -0.3 is 10.2 Å². The van der Waals surface area contributed by atoms with E-state index >= 15 is 0 Å². The number of hydrogen-bond donors (Lipinski definition) is 1. The van der Waals surface area contributed by atoms with Crippen molar-refractivity contribution in [2.24, 2.45) is 0 Å². The van der Waals surface area contributed by atoms with Crippen molar-refractivity contribution < 1.29 is 9.59 Å². The van der Waals surface area contributed by atoms with Crippen molar-refractivity contribution in [3.05, 3.63) is 41.5 Å². The number of nitrogens with one attached hydrogen (secondary N) is 1. The SMILES string of the molecule is CCN(C(=O)CC(=O)NCCC1=CCCCC1)c1cccc(C)c1. The summed E-state index contributed by atoms with van der Waals surface area (Å²) in [6, 6.07) is 7.80. The number of rotatable bonds is 7. The Balaban J connectivity index is 1.81. The van der Waals surface area contributed by atoms with Crippen molar-refractivity contribution in [1.29, 1.82) is 0 Å². The molecule has 1 aliphatic carbocycles. The summed E-state index contributed by atoms with van der Waals surface area (Å²) in [7, 11) is 0. The van der Waals surface area contributed by atoms with Gasteiger partial charge in [0.15, 0.2) is 0 Å². The van der Waals surface area contributed by atoms with E-state index in [0.29, 0.717) is 13.1 Å². The van der Waals surface area contributed by atoms with Crippen LogP contribution in [0.5, 0.6) is 0 Å². The van der Waals surface area contributed by atoms with Gasteiger partial charge in [0.2, 0.25) is 11.8 Å². The maximum absolute atomic E-state index is 12.4. The molecule has 0 unspecified atom stereocenters.